The van der Waals surface area contributed by atoms with E-state index >= 15 is 0 Å². The molecule has 0 spiro atoms. The second-order valence-corrected chi connectivity index (χ2v) is 5.14. The van der Waals surface area contributed by atoms with Gasteiger partial charge in [-0.2, -0.15) is 0 Å². The minimum atomic E-state index is 0.363. The molecule has 1 saturated heterocycles. The third-order valence-corrected chi connectivity index (χ3v) is 4.05. The number of pyridine rings is 1. The van der Waals surface area contributed by atoms with Crippen LogP contribution in [-0.2, 0) is 4.74 Å². The van der Waals surface area contributed by atoms with Gasteiger partial charge in [-0.1, -0.05) is 24.3 Å². The number of aromatic nitrogens is 1. The van der Waals surface area contributed by atoms with Gasteiger partial charge in [-0.05, 0) is 37.4 Å². The Balaban J connectivity index is 2.00. The Hall–Kier alpha value is -1.45. The van der Waals surface area contributed by atoms with E-state index in [4.69, 9.17) is 4.74 Å². The molecule has 0 amide bonds. The molecule has 1 unspecified atom stereocenters. The Labute approximate surface area is 114 Å². The Morgan fingerprint density at radius 2 is 2.00 bits per heavy atom. The lowest BCUT2D eigenvalue weighted by atomic mass is 9.86. The van der Waals surface area contributed by atoms with Gasteiger partial charge in [0.25, 0.3) is 0 Å². The minimum Gasteiger partial charge on any atom is -0.381 e. The Bertz CT molecular complexity index is 544. The molecule has 1 aromatic carbocycles. The molecule has 0 radical (unpaired) electrons. The maximum atomic E-state index is 5.47. The summed E-state index contributed by atoms with van der Waals surface area (Å²) in [7, 11) is 2.04. The summed E-state index contributed by atoms with van der Waals surface area (Å²) in [6.45, 7) is 1.75. The van der Waals surface area contributed by atoms with Gasteiger partial charge in [-0.3, -0.25) is 4.98 Å². The van der Waals surface area contributed by atoms with Crippen molar-refractivity contribution in [3.63, 3.8) is 0 Å². The fraction of sp³-hybridized carbons (Fsp3) is 0.438. The van der Waals surface area contributed by atoms with E-state index in [1.165, 1.54) is 10.9 Å². The van der Waals surface area contributed by atoms with E-state index in [0.29, 0.717) is 12.0 Å². The van der Waals surface area contributed by atoms with Gasteiger partial charge in [-0.25, -0.2) is 0 Å². The van der Waals surface area contributed by atoms with Gasteiger partial charge in [0.2, 0.25) is 0 Å². The average molecular weight is 256 g/mol. The minimum absolute atomic E-state index is 0.363. The number of hydrogen-bond donors (Lipinski definition) is 1. The first kappa shape index (κ1) is 12.6. The predicted octanol–water partition coefficient (Wildman–Crippen LogP) is 2.92. The fourth-order valence-electron chi connectivity index (χ4n) is 3.07. The molecule has 19 heavy (non-hydrogen) atoms. The third-order valence-electron chi connectivity index (χ3n) is 4.05. The van der Waals surface area contributed by atoms with Crippen LogP contribution in [0.2, 0.25) is 0 Å². The molecule has 1 N–H and O–H groups in total. The van der Waals surface area contributed by atoms with Crippen LogP contribution in [0, 0.1) is 5.92 Å². The van der Waals surface area contributed by atoms with E-state index in [-0.39, 0.29) is 0 Å². The van der Waals surface area contributed by atoms with Crippen molar-refractivity contribution in [2.24, 2.45) is 5.92 Å². The molecule has 0 bridgehead atoms. The Morgan fingerprint density at radius 1 is 1.21 bits per heavy atom. The molecule has 1 atom stereocenters. The van der Waals surface area contributed by atoms with Crippen molar-refractivity contribution >= 4 is 10.9 Å². The molecule has 3 rings (SSSR count). The van der Waals surface area contributed by atoms with Crippen molar-refractivity contribution in [3.05, 3.63) is 42.1 Å². The summed E-state index contributed by atoms with van der Waals surface area (Å²) in [5, 5.41) is 4.70. The standard InChI is InChI=1S/C16H20N2O/c1-17-15(13-7-10-19-11-8-13)14-6-2-4-12-5-3-9-18-16(12)14/h2-6,9,13,15,17H,7-8,10-11H2,1H3. The van der Waals surface area contributed by atoms with Crippen LogP contribution in [0.4, 0.5) is 0 Å². The number of fused-ring (bicyclic) bond motifs is 1. The zero-order valence-corrected chi connectivity index (χ0v) is 11.3. The van der Waals surface area contributed by atoms with Crippen molar-refractivity contribution in [2.45, 2.75) is 18.9 Å². The van der Waals surface area contributed by atoms with Gasteiger partial charge >= 0.3 is 0 Å². The summed E-state index contributed by atoms with van der Waals surface area (Å²) in [5.74, 6) is 0.631. The van der Waals surface area contributed by atoms with Gasteiger partial charge in [0, 0.05) is 30.8 Å². The third kappa shape index (κ3) is 2.48. The molecule has 3 heteroatoms. The molecule has 1 aliphatic heterocycles. The largest absolute Gasteiger partial charge is 0.381 e. The van der Waals surface area contributed by atoms with Crippen LogP contribution in [0.5, 0.6) is 0 Å². The van der Waals surface area contributed by atoms with E-state index in [1.54, 1.807) is 0 Å². The van der Waals surface area contributed by atoms with Gasteiger partial charge in [0.05, 0.1) is 5.52 Å². The van der Waals surface area contributed by atoms with E-state index in [2.05, 4.69) is 34.6 Å². The normalized spacial score (nSPS) is 18.6. The van der Waals surface area contributed by atoms with Crippen LogP contribution in [0.3, 0.4) is 0 Å². The van der Waals surface area contributed by atoms with Crippen LogP contribution in [0.15, 0.2) is 36.5 Å². The van der Waals surface area contributed by atoms with Crippen LogP contribution in [-0.4, -0.2) is 25.2 Å². The summed E-state index contributed by atoms with van der Waals surface area (Å²) in [4.78, 5) is 4.57. The van der Waals surface area contributed by atoms with Crippen LogP contribution < -0.4 is 5.32 Å². The summed E-state index contributed by atoms with van der Waals surface area (Å²) in [5.41, 5.74) is 2.43. The summed E-state index contributed by atoms with van der Waals surface area (Å²) in [6.07, 6.45) is 4.12. The highest BCUT2D eigenvalue weighted by Crippen LogP contribution is 2.32. The molecule has 2 aromatic rings. The molecule has 1 aromatic heterocycles. The van der Waals surface area contributed by atoms with Crippen molar-refractivity contribution in [3.8, 4) is 0 Å². The highest BCUT2D eigenvalue weighted by Gasteiger charge is 2.25. The maximum absolute atomic E-state index is 5.47. The number of para-hydroxylation sites is 1. The first-order valence-corrected chi connectivity index (χ1v) is 6.99. The van der Waals surface area contributed by atoms with Crippen molar-refractivity contribution in [2.75, 3.05) is 20.3 Å². The second kappa shape index (κ2) is 5.68. The van der Waals surface area contributed by atoms with Gasteiger partial charge in [-0.15, -0.1) is 0 Å². The maximum Gasteiger partial charge on any atom is 0.0749 e. The molecule has 1 fully saturated rings. The molecular weight excluding hydrogens is 236 g/mol. The lowest BCUT2D eigenvalue weighted by Gasteiger charge is -2.30. The highest BCUT2D eigenvalue weighted by molar-refractivity contribution is 5.82. The zero-order chi connectivity index (χ0) is 13.1. The fourth-order valence-corrected chi connectivity index (χ4v) is 3.07. The SMILES string of the molecule is CNC(c1cccc2cccnc12)C1CCOCC1. The van der Waals surface area contributed by atoms with E-state index < -0.39 is 0 Å². The van der Waals surface area contributed by atoms with E-state index in [9.17, 15) is 0 Å². The van der Waals surface area contributed by atoms with Crippen molar-refractivity contribution in [1.29, 1.82) is 0 Å². The molecule has 0 aliphatic carbocycles. The lowest BCUT2D eigenvalue weighted by molar-refractivity contribution is 0.0547. The number of hydrogen-bond acceptors (Lipinski definition) is 3. The van der Waals surface area contributed by atoms with Crippen molar-refractivity contribution in [1.82, 2.24) is 10.3 Å². The number of nitrogens with one attached hydrogen (secondary N) is 1. The summed E-state index contributed by atoms with van der Waals surface area (Å²) >= 11 is 0. The average Bonchev–Trinajstić information content (AvgIpc) is 2.49. The molecule has 100 valence electrons. The number of benzene rings is 1. The Kier molecular flexibility index (Phi) is 3.76. The first-order valence-electron chi connectivity index (χ1n) is 6.99. The smallest absolute Gasteiger partial charge is 0.0749 e. The summed E-state index contributed by atoms with van der Waals surface area (Å²) < 4.78 is 5.47. The number of ether oxygens (including phenoxy) is 1. The number of rotatable bonds is 3. The zero-order valence-electron chi connectivity index (χ0n) is 11.3. The number of nitrogens with zero attached hydrogens (tertiary/aromatic N) is 1. The molecular formula is C16H20N2O. The lowest BCUT2D eigenvalue weighted by Crippen LogP contribution is -2.30. The topological polar surface area (TPSA) is 34.2 Å². The van der Waals surface area contributed by atoms with E-state index in [1.807, 2.05) is 19.3 Å². The Morgan fingerprint density at radius 3 is 2.79 bits per heavy atom. The van der Waals surface area contributed by atoms with Gasteiger partial charge in [0.15, 0.2) is 0 Å². The van der Waals surface area contributed by atoms with Gasteiger partial charge in [0.1, 0.15) is 0 Å². The van der Waals surface area contributed by atoms with E-state index in [0.717, 1.165) is 31.6 Å². The molecule has 2 heterocycles. The molecule has 0 saturated carbocycles. The highest BCUT2D eigenvalue weighted by atomic mass is 16.5. The second-order valence-electron chi connectivity index (χ2n) is 5.14. The molecule has 1 aliphatic rings. The van der Waals surface area contributed by atoms with Crippen LogP contribution in [0.1, 0.15) is 24.4 Å². The van der Waals surface area contributed by atoms with Crippen molar-refractivity contribution < 1.29 is 4.74 Å². The van der Waals surface area contributed by atoms with Gasteiger partial charge < -0.3 is 10.1 Å². The molecule has 3 nitrogen and oxygen atoms in total. The quantitative estimate of drug-likeness (QED) is 0.917. The van der Waals surface area contributed by atoms with Crippen LogP contribution in [0.25, 0.3) is 10.9 Å². The monoisotopic (exact) mass is 256 g/mol. The van der Waals surface area contributed by atoms with Crippen LogP contribution >= 0.6 is 0 Å². The predicted molar refractivity (Wildman–Crippen MR) is 77.1 cm³/mol. The summed E-state index contributed by atoms with van der Waals surface area (Å²) in [6, 6.07) is 10.9. The first-order chi connectivity index (χ1) is 9.40.